The minimum Gasteiger partial charge on any atom is -0.397 e. The molecule has 0 spiro atoms. The van der Waals surface area contributed by atoms with Gasteiger partial charge < -0.3 is 11.1 Å². The Bertz CT molecular complexity index is 783. The third-order valence-corrected chi connectivity index (χ3v) is 4.51. The van der Waals surface area contributed by atoms with Crippen LogP contribution < -0.4 is 11.1 Å². The maximum absolute atomic E-state index is 6.04. The van der Waals surface area contributed by atoms with Crippen LogP contribution in [-0.2, 0) is 0 Å². The average molecular weight is 407 g/mol. The summed E-state index contributed by atoms with van der Waals surface area (Å²) in [6, 6.07) is 14.2. The van der Waals surface area contributed by atoms with Gasteiger partial charge in [0.25, 0.3) is 0 Å². The Morgan fingerprint density at radius 3 is 2.76 bits per heavy atom. The first kappa shape index (κ1) is 14.3. The Kier molecular flexibility index (Phi) is 4.12. The lowest BCUT2D eigenvalue weighted by molar-refractivity contribution is 1.30. The normalized spacial score (nSPS) is 10.6. The van der Waals surface area contributed by atoms with E-state index in [9.17, 15) is 0 Å². The largest absolute Gasteiger partial charge is 0.397 e. The standard InChI is InChI=1S/C16H14IN3S/c1-10-19-16(9-21-10)11-3-2-4-13(7-11)20-15-6-5-12(17)8-14(15)18/h2-9,20H,18H2,1H3. The van der Waals surface area contributed by atoms with Crippen LogP contribution in [0.25, 0.3) is 11.3 Å². The summed E-state index contributed by atoms with van der Waals surface area (Å²) in [5.74, 6) is 0. The van der Waals surface area contributed by atoms with Crippen LogP contribution in [0.3, 0.4) is 0 Å². The highest BCUT2D eigenvalue weighted by Gasteiger charge is 2.05. The lowest BCUT2D eigenvalue weighted by atomic mass is 10.1. The van der Waals surface area contributed by atoms with Gasteiger partial charge in [0.15, 0.2) is 0 Å². The van der Waals surface area contributed by atoms with Crippen LogP contribution in [0, 0.1) is 10.5 Å². The second-order valence-corrected chi connectivity index (χ2v) is 7.00. The van der Waals surface area contributed by atoms with Gasteiger partial charge in [0.05, 0.1) is 22.1 Å². The number of nitrogens with two attached hydrogens (primary N) is 1. The fraction of sp³-hybridized carbons (Fsp3) is 0.0625. The Hall–Kier alpha value is -1.60. The first-order valence-electron chi connectivity index (χ1n) is 6.46. The van der Waals surface area contributed by atoms with Gasteiger partial charge in [-0.2, -0.15) is 0 Å². The van der Waals surface area contributed by atoms with Crippen molar-refractivity contribution in [1.29, 1.82) is 0 Å². The van der Waals surface area contributed by atoms with Crippen molar-refractivity contribution in [3.05, 3.63) is 56.4 Å². The van der Waals surface area contributed by atoms with Crippen molar-refractivity contribution in [2.24, 2.45) is 0 Å². The average Bonchev–Trinajstić information content (AvgIpc) is 2.89. The van der Waals surface area contributed by atoms with Gasteiger partial charge in [-0.05, 0) is 59.8 Å². The fourth-order valence-corrected chi connectivity index (χ4v) is 3.19. The summed E-state index contributed by atoms with van der Waals surface area (Å²) in [6.45, 7) is 2.02. The molecule has 0 unspecified atom stereocenters. The van der Waals surface area contributed by atoms with E-state index < -0.39 is 0 Å². The zero-order valence-electron chi connectivity index (χ0n) is 11.4. The molecule has 3 nitrogen and oxygen atoms in total. The maximum atomic E-state index is 6.04. The van der Waals surface area contributed by atoms with Crippen molar-refractivity contribution in [1.82, 2.24) is 4.98 Å². The molecule has 0 amide bonds. The molecule has 3 aromatic rings. The summed E-state index contributed by atoms with van der Waals surface area (Å²) in [5.41, 5.74) is 10.8. The molecule has 3 N–H and O–H groups in total. The molecule has 0 saturated heterocycles. The molecule has 1 aromatic heterocycles. The molecule has 0 fully saturated rings. The van der Waals surface area contributed by atoms with Crippen LogP contribution in [-0.4, -0.2) is 4.98 Å². The van der Waals surface area contributed by atoms with E-state index in [0.29, 0.717) is 0 Å². The summed E-state index contributed by atoms with van der Waals surface area (Å²) >= 11 is 3.91. The van der Waals surface area contributed by atoms with Gasteiger partial charge in [-0.25, -0.2) is 4.98 Å². The van der Waals surface area contributed by atoms with Crippen LogP contribution in [0.5, 0.6) is 0 Å². The van der Waals surface area contributed by atoms with Crippen molar-refractivity contribution in [3.8, 4) is 11.3 Å². The molecule has 2 aromatic carbocycles. The zero-order chi connectivity index (χ0) is 14.8. The van der Waals surface area contributed by atoms with Crippen molar-refractivity contribution in [2.45, 2.75) is 6.92 Å². The predicted octanol–water partition coefficient (Wildman–Crippen LogP) is 5.05. The number of rotatable bonds is 3. The second kappa shape index (κ2) is 6.03. The van der Waals surface area contributed by atoms with Crippen molar-refractivity contribution >= 4 is 51.0 Å². The first-order chi connectivity index (χ1) is 10.1. The van der Waals surface area contributed by atoms with Crippen molar-refractivity contribution < 1.29 is 0 Å². The summed E-state index contributed by atoms with van der Waals surface area (Å²) in [4.78, 5) is 4.52. The number of halogens is 1. The highest BCUT2D eigenvalue weighted by Crippen LogP contribution is 2.28. The number of benzene rings is 2. The van der Waals surface area contributed by atoms with Crippen molar-refractivity contribution in [2.75, 3.05) is 11.1 Å². The van der Waals surface area contributed by atoms with Crippen LogP contribution in [0.2, 0.25) is 0 Å². The summed E-state index contributed by atoms with van der Waals surface area (Å²) in [5, 5.41) is 6.52. The van der Waals surface area contributed by atoms with Gasteiger partial charge in [0, 0.05) is 20.2 Å². The molecule has 0 bridgehead atoms. The Morgan fingerprint density at radius 2 is 2.05 bits per heavy atom. The van der Waals surface area contributed by atoms with Gasteiger partial charge >= 0.3 is 0 Å². The van der Waals surface area contributed by atoms with E-state index in [1.54, 1.807) is 11.3 Å². The molecule has 0 aliphatic carbocycles. The molecule has 1 heterocycles. The van der Waals surface area contributed by atoms with E-state index in [1.165, 1.54) is 0 Å². The van der Waals surface area contributed by atoms with Gasteiger partial charge in [0.1, 0.15) is 0 Å². The van der Waals surface area contributed by atoms with E-state index in [-0.39, 0.29) is 0 Å². The number of nitrogens with zero attached hydrogens (tertiary/aromatic N) is 1. The number of thiazole rings is 1. The minimum absolute atomic E-state index is 0.747. The number of hydrogen-bond donors (Lipinski definition) is 2. The molecule has 0 radical (unpaired) electrons. The van der Waals surface area contributed by atoms with Crippen LogP contribution in [0.4, 0.5) is 17.1 Å². The number of aromatic nitrogens is 1. The molecule has 106 valence electrons. The van der Waals surface area contributed by atoms with Gasteiger partial charge in [-0.3, -0.25) is 0 Å². The van der Waals surface area contributed by atoms with E-state index in [0.717, 1.165) is 36.9 Å². The highest BCUT2D eigenvalue weighted by molar-refractivity contribution is 14.1. The SMILES string of the molecule is Cc1nc(-c2cccc(Nc3ccc(I)cc3N)c2)cs1. The monoisotopic (exact) mass is 407 g/mol. The lowest BCUT2D eigenvalue weighted by Gasteiger charge is -2.10. The van der Waals surface area contributed by atoms with Crippen molar-refractivity contribution in [3.63, 3.8) is 0 Å². The Labute approximate surface area is 141 Å². The number of nitrogens with one attached hydrogen (secondary N) is 1. The second-order valence-electron chi connectivity index (χ2n) is 4.69. The third kappa shape index (κ3) is 3.36. The van der Waals surface area contributed by atoms with Crippen LogP contribution in [0.1, 0.15) is 5.01 Å². The maximum Gasteiger partial charge on any atom is 0.0901 e. The van der Waals surface area contributed by atoms with Gasteiger partial charge in [-0.1, -0.05) is 12.1 Å². The minimum atomic E-state index is 0.747. The van der Waals surface area contributed by atoms with Crippen LogP contribution >= 0.6 is 33.9 Å². The number of hydrogen-bond acceptors (Lipinski definition) is 4. The van der Waals surface area contributed by atoms with E-state index in [4.69, 9.17) is 5.73 Å². The third-order valence-electron chi connectivity index (χ3n) is 3.07. The van der Waals surface area contributed by atoms with E-state index >= 15 is 0 Å². The fourth-order valence-electron chi connectivity index (χ4n) is 2.06. The molecule has 3 rings (SSSR count). The molecule has 0 aliphatic rings. The molecule has 5 heteroatoms. The Morgan fingerprint density at radius 1 is 1.19 bits per heavy atom. The zero-order valence-corrected chi connectivity index (χ0v) is 14.4. The van der Waals surface area contributed by atoms with E-state index in [1.807, 2.05) is 37.3 Å². The van der Waals surface area contributed by atoms with E-state index in [2.05, 4.69) is 50.4 Å². The van der Waals surface area contributed by atoms with Gasteiger partial charge in [-0.15, -0.1) is 11.3 Å². The summed E-state index contributed by atoms with van der Waals surface area (Å²) < 4.78 is 1.13. The quantitative estimate of drug-likeness (QED) is 0.472. The molecule has 0 aliphatic heterocycles. The summed E-state index contributed by atoms with van der Waals surface area (Å²) in [6.07, 6.45) is 0. The van der Waals surface area contributed by atoms with Crippen LogP contribution in [0.15, 0.2) is 47.8 Å². The molecular weight excluding hydrogens is 393 g/mol. The summed E-state index contributed by atoms with van der Waals surface area (Å²) in [7, 11) is 0. The Balaban J connectivity index is 1.89. The molecular formula is C16H14IN3S. The highest BCUT2D eigenvalue weighted by atomic mass is 127. The number of nitrogen functional groups attached to an aromatic ring is 1. The lowest BCUT2D eigenvalue weighted by Crippen LogP contribution is -1.96. The number of aryl methyl sites for hydroxylation is 1. The number of anilines is 3. The topological polar surface area (TPSA) is 50.9 Å². The predicted molar refractivity (Wildman–Crippen MR) is 99.1 cm³/mol. The molecule has 0 saturated carbocycles. The molecule has 21 heavy (non-hydrogen) atoms. The molecule has 0 atom stereocenters. The van der Waals surface area contributed by atoms with Gasteiger partial charge in [0.2, 0.25) is 0 Å². The first-order valence-corrected chi connectivity index (χ1v) is 8.42. The smallest absolute Gasteiger partial charge is 0.0901 e.